The molecule has 146 valence electrons. The first kappa shape index (κ1) is 18.8. The molecule has 0 atom stereocenters. The van der Waals surface area contributed by atoms with Crippen molar-refractivity contribution in [1.29, 1.82) is 0 Å². The van der Waals surface area contributed by atoms with Crippen molar-refractivity contribution in [1.82, 2.24) is 14.6 Å². The standard InChI is InChI=1S/C21H17ClN4O3/c1-28-18-8-7-13(11-19(18)29-2)15-9-10-26-20(23-15)12-17(25-26)21(27)24-16-6-4-3-5-14(16)22/h3-12H,1-2H3,(H,24,27). The molecular weight excluding hydrogens is 392 g/mol. The molecule has 0 bridgehead atoms. The van der Waals surface area contributed by atoms with E-state index in [1.807, 2.05) is 24.3 Å². The number of anilines is 1. The van der Waals surface area contributed by atoms with Crippen LogP contribution in [0, 0.1) is 0 Å². The smallest absolute Gasteiger partial charge is 0.276 e. The molecule has 0 saturated heterocycles. The van der Waals surface area contributed by atoms with Crippen molar-refractivity contribution in [3.05, 3.63) is 71.5 Å². The van der Waals surface area contributed by atoms with Crippen LogP contribution in [-0.4, -0.2) is 34.7 Å². The van der Waals surface area contributed by atoms with Crippen LogP contribution in [0.25, 0.3) is 16.9 Å². The Hall–Kier alpha value is -3.58. The molecule has 2 heterocycles. The summed E-state index contributed by atoms with van der Waals surface area (Å²) in [6, 6.07) is 16.0. The fourth-order valence-electron chi connectivity index (χ4n) is 2.90. The molecule has 4 aromatic rings. The minimum Gasteiger partial charge on any atom is -0.493 e. The molecule has 1 N–H and O–H groups in total. The van der Waals surface area contributed by atoms with Gasteiger partial charge in [-0.25, -0.2) is 9.50 Å². The van der Waals surface area contributed by atoms with Crippen molar-refractivity contribution in [3.63, 3.8) is 0 Å². The first-order chi connectivity index (χ1) is 14.1. The summed E-state index contributed by atoms with van der Waals surface area (Å²) < 4.78 is 12.2. The molecule has 7 nitrogen and oxygen atoms in total. The fourth-order valence-corrected chi connectivity index (χ4v) is 3.08. The van der Waals surface area contributed by atoms with E-state index in [2.05, 4.69) is 15.4 Å². The molecule has 2 aromatic carbocycles. The molecule has 0 unspecified atom stereocenters. The number of halogens is 1. The molecule has 0 aliphatic heterocycles. The van der Waals surface area contributed by atoms with Crippen molar-refractivity contribution in [2.24, 2.45) is 0 Å². The summed E-state index contributed by atoms with van der Waals surface area (Å²) in [5.74, 6) is 0.886. The van der Waals surface area contributed by atoms with Crippen molar-refractivity contribution < 1.29 is 14.3 Å². The zero-order chi connectivity index (χ0) is 20.4. The molecule has 8 heteroatoms. The molecular formula is C21H17ClN4O3. The van der Waals surface area contributed by atoms with E-state index in [1.165, 1.54) is 0 Å². The van der Waals surface area contributed by atoms with E-state index in [0.717, 1.165) is 11.3 Å². The number of rotatable bonds is 5. The predicted octanol–water partition coefficient (Wildman–Crippen LogP) is 4.32. The van der Waals surface area contributed by atoms with Gasteiger partial charge in [-0.2, -0.15) is 5.10 Å². The molecule has 2 aromatic heterocycles. The summed E-state index contributed by atoms with van der Waals surface area (Å²) in [7, 11) is 3.17. The van der Waals surface area contributed by atoms with Gasteiger partial charge in [0.1, 0.15) is 0 Å². The summed E-state index contributed by atoms with van der Waals surface area (Å²) in [4.78, 5) is 17.1. The number of carbonyl (C=O) groups is 1. The molecule has 0 saturated carbocycles. The number of hydrogen-bond donors (Lipinski definition) is 1. The number of nitrogens with zero attached hydrogens (tertiary/aromatic N) is 3. The molecule has 4 rings (SSSR count). The van der Waals surface area contributed by atoms with Gasteiger partial charge in [-0.15, -0.1) is 0 Å². The third-order valence-corrected chi connectivity index (χ3v) is 4.69. The van der Waals surface area contributed by atoms with Crippen molar-refractivity contribution >= 4 is 28.8 Å². The highest BCUT2D eigenvalue weighted by Crippen LogP contribution is 2.31. The van der Waals surface area contributed by atoms with Crippen LogP contribution in [0.3, 0.4) is 0 Å². The minimum atomic E-state index is -0.365. The Balaban J connectivity index is 1.64. The molecule has 0 fully saturated rings. The number of carbonyl (C=O) groups excluding carboxylic acids is 1. The molecule has 29 heavy (non-hydrogen) atoms. The maximum atomic E-state index is 12.5. The maximum absolute atomic E-state index is 12.5. The van der Waals surface area contributed by atoms with Gasteiger partial charge in [0.2, 0.25) is 0 Å². The largest absolute Gasteiger partial charge is 0.493 e. The second kappa shape index (κ2) is 7.81. The SMILES string of the molecule is COc1ccc(-c2ccn3nc(C(=O)Nc4ccccc4Cl)cc3n2)cc1OC. The average molecular weight is 409 g/mol. The number of fused-ring (bicyclic) bond motifs is 1. The Kier molecular flexibility index (Phi) is 5.05. The van der Waals surface area contributed by atoms with Gasteiger partial charge in [0.05, 0.1) is 30.6 Å². The molecule has 0 aliphatic rings. The van der Waals surface area contributed by atoms with Gasteiger partial charge < -0.3 is 14.8 Å². The van der Waals surface area contributed by atoms with E-state index >= 15 is 0 Å². The number of methoxy groups -OCH3 is 2. The van der Waals surface area contributed by atoms with Crippen molar-refractivity contribution in [2.75, 3.05) is 19.5 Å². The van der Waals surface area contributed by atoms with Crippen LogP contribution in [0.15, 0.2) is 60.8 Å². The number of aromatic nitrogens is 3. The highest BCUT2D eigenvalue weighted by Gasteiger charge is 2.14. The Bertz CT molecular complexity index is 1210. The van der Waals surface area contributed by atoms with Gasteiger partial charge in [-0.05, 0) is 36.4 Å². The Morgan fingerprint density at radius 3 is 2.59 bits per heavy atom. The summed E-state index contributed by atoms with van der Waals surface area (Å²) in [5.41, 5.74) is 2.88. The summed E-state index contributed by atoms with van der Waals surface area (Å²) >= 11 is 6.10. The van der Waals surface area contributed by atoms with E-state index in [-0.39, 0.29) is 11.6 Å². The Morgan fingerprint density at radius 2 is 1.83 bits per heavy atom. The summed E-state index contributed by atoms with van der Waals surface area (Å²) in [6.07, 6.45) is 1.75. The number of amides is 1. The van der Waals surface area contributed by atoms with Gasteiger partial charge in [-0.1, -0.05) is 23.7 Å². The normalized spacial score (nSPS) is 10.7. The molecule has 0 radical (unpaired) electrons. The highest BCUT2D eigenvalue weighted by atomic mass is 35.5. The van der Waals surface area contributed by atoms with Crippen LogP contribution >= 0.6 is 11.6 Å². The lowest BCUT2D eigenvalue weighted by atomic mass is 10.1. The van der Waals surface area contributed by atoms with E-state index < -0.39 is 0 Å². The van der Waals surface area contributed by atoms with Gasteiger partial charge >= 0.3 is 0 Å². The minimum absolute atomic E-state index is 0.238. The van der Waals surface area contributed by atoms with Crippen molar-refractivity contribution in [3.8, 4) is 22.8 Å². The van der Waals surface area contributed by atoms with Crippen LogP contribution in [0.5, 0.6) is 11.5 Å². The monoisotopic (exact) mass is 408 g/mol. The fraction of sp³-hybridized carbons (Fsp3) is 0.0952. The second-order valence-corrected chi connectivity index (χ2v) is 6.56. The zero-order valence-electron chi connectivity index (χ0n) is 15.7. The zero-order valence-corrected chi connectivity index (χ0v) is 16.5. The van der Waals surface area contributed by atoms with E-state index in [4.69, 9.17) is 21.1 Å². The molecule has 0 spiro atoms. The topological polar surface area (TPSA) is 77.8 Å². The van der Waals surface area contributed by atoms with E-state index in [1.54, 1.807) is 55.3 Å². The van der Waals surface area contributed by atoms with Gasteiger partial charge in [-0.3, -0.25) is 4.79 Å². The molecule has 0 aliphatic carbocycles. The third-order valence-electron chi connectivity index (χ3n) is 4.36. The van der Waals surface area contributed by atoms with Crippen molar-refractivity contribution in [2.45, 2.75) is 0 Å². The van der Waals surface area contributed by atoms with Crippen LogP contribution in [-0.2, 0) is 0 Å². The number of para-hydroxylation sites is 1. The molecule has 1 amide bonds. The lowest BCUT2D eigenvalue weighted by Gasteiger charge is -2.09. The highest BCUT2D eigenvalue weighted by molar-refractivity contribution is 6.33. The van der Waals surface area contributed by atoms with Crippen LogP contribution in [0.2, 0.25) is 5.02 Å². The van der Waals surface area contributed by atoms with E-state index in [9.17, 15) is 4.79 Å². The van der Waals surface area contributed by atoms with Gasteiger partial charge in [0.15, 0.2) is 22.8 Å². The predicted molar refractivity (Wildman–Crippen MR) is 111 cm³/mol. The average Bonchev–Trinajstić information content (AvgIpc) is 3.18. The quantitative estimate of drug-likeness (QED) is 0.532. The number of benzene rings is 2. The lowest BCUT2D eigenvalue weighted by Crippen LogP contribution is -2.12. The van der Waals surface area contributed by atoms with Crippen LogP contribution in [0.1, 0.15) is 10.5 Å². The number of ether oxygens (including phenoxy) is 2. The van der Waals surface area contributed by atoms with Crippen LogP contribution < -0.4 is 14.8 Å². The first-order valence-corrected chi connectivity index (χ1v) is 9.11. The lowest BCUT2D eigenvalue weighted by molar-refractivity contribution is 0.102. The van der Waals surface area contributed by atoms with Gasteiger partial charge in [0.25, 0.3) is 5.91 Å². The maximum Gasteiger partial charge on any atom is 0.276 e. The number of hydrogen-bond acceptors (Lipinski definition) is 5. The second-order valence-electron chi connectivity index (χ2n) is 6.15. The number of nitrogens with one attached hydrogen (secondary N) is 1. The van der Waals surface area contributed by atoms with Gasteiger partial charge in [0, 0.05) is 17.8 Å². The summed E-state index contributed by atoms with van der Waals surface area (Å²) in [6.45, 7) is 0. The Morgan fingerprint density at radius 1 is 1.03 bits per heavy atom. The summed E-state index contributed by atoms with van der Waals surface area (Å²) in [5, 5.41) is 7.50. The van der Waals surface area contributed by atoms with E-state index in [0.29, 0.717) is 27.9 Å². The Labute approximate surface area is 171 Å². The third kappa shape index (κ3) is 3.72. The first-order valence-electron chi connectivity index (χ1n) is 8.74. The van der Waals surface area contributed by atoms with Crippen LogP contribution in [0.4, 0.5) is 5.69 Å².